The van der Waals surface area contributed by atoms with Crippen LogP contribution in [0.2, 0.25) is 0 Å². The Morgan fingerprint density at radius 2 is 1.74 bits per heavy atom. The lowest BCUT2D eigenvalue weighted by Crippen LogP contribution is -2.40. The van der Waals surface area contributed by atoms with Crippen LogP contribution >= 0.6 is 0 Å². The number of rotatable bonds is 8. The first-order chi connectivity index (χ1) is 20.5. The molecule has 2 N–H and O–H groups in total. The molecule has 0 saturated carbocycles. The van der Waals surface area contributed by atoms with Gasteiger partial charge >= 0.3 is 6.18 Å². The zero-order chi connectivity index (χ0) is 30.6. The topological polar surface area (TPSA) is 84.8 Å². The van der Waals surface area contributed by atoms with Crippen molar-refractivity contribution in [2.24, 2.45) is 0 Å². The van der Waals surface area contributed by atoms with Gasteiger partial charge in [0.25, 0.3) is 0 Å². The van der Waals surface area contributed by atoms with Gasteiger partial charge in [-0.15, -0.1) is 0 Å². The van der Waals surface area contributed by atoms with Crippen molar-refractivity contribution < 1.29 is 31.1 Å². The van der Waals surface area contributed by atoms with Crippen LogP contribution in [0.15, 0.2) is 71.6 Å². The number of anilines is 3. The lowest BCUT2D eigenvalue weighted by molar-refractivity contribution is -0.140. The molecule has 0 radical (unpaired) electrons. The van der Waals surface area contributed by atoms with Crippen LogP contribution in [-0.2, 0) is 21.3 Å². The van der Waals surface area contributed by atoms with E-state index in [9.17, 15) is 21.6 Å². The van der Waals surface area contributed by atoms with Gasteiger partial charge in [-0.1, -0.05) is 29.7 Å². The first-order valence-corrected chi connectivity index (χ1v) is 15.0. The summed E-state index contributed by atoms with van der Waals surface area (Å²) in [6.07, 6.45) is -4.45. The predicted molar refractivity (Wildman–Crippen MR) is 160 cm³/mol. The monoisotopic (exact) mass is 612 g/mol. The Morgan fingerprint density at radius 3 is 2.44 bits per heavy atom. The van der Waals surface area contributed by atoms with Crippen LogP contribution in [0.25, 0.3) is 10.9 Å². The maximum absolute atomic E-state index is 13.6. The molecule has 2 heterocycles. The van der Waals surface area contributed by atoms with Crippen molar-refractivity contribution in [2.45, 2.75) is 24.5 Å². The third kappa shape index (κ3) is 7.07. The molecule has 4 aromatic rings. The molecule has 3 aromatic carbocycles. The number of morpholine rings is 1. The number of sulfonamides is 1. The molecule has 0 bridgehead atoms. The van der Waals surface area contributed by atoms with Gasteiger partial charge in [-0.25, -0.2) is 8.42 Å². The van der Waals surface area contributed by atoms with Crippen molar-refractivity contribution in [3.05, 3.63) is 78.0 Å². The van der Waals surface area contributed by atoms with Crippen molar-refractivity contribution >= 4 is 38.0 Å². The minimum Gasteiger partial charge on any atom is -0.495 e. The number of ether oxygens (including phenoxy) is 2. The van der Waals surface area contributed by atoms with Gasteiger partial charge in [0.2, 0.25) is 10.0 Å². The van der Waals surface area contributed by atoms with Gasteiger partial charge in [-0.2, -0.15) is 17.5 Å². The molecule has 1 aromatic heterocycles. The summed E-state index contributed by atoms with van der Waals surface area (Å²) in [6, 6.07) is 19.0. The van der Waals surface area contributed by atoms with E-state index in [1.54, 1.807) is 24.3 Å². The van der Waals surface area contributed by atoms with Crippen LogP contribution < -0.4 is 15.4 Å². The van der Waals surface area contributed by atoms with Crippen LogP contribution in [0.1, 0.15) is 11.3 Å². The predicted octanol–water partition coefficient (Wildman–Crippen LogP) is 5.75. The van der Waals surface area contributed by atoms with E-state index in [1.807, 2.05) is 37.3 Å². The maximum Gasteiger partial charge on any atom is 0.406 e. The van der Waals surface area contributed by atoms with E-state index >= 15 is 0 Å². The molecule has 0 unspecified atom stereocenters. The molecule has 1 fully saturated rings. The van der Waals surface area contributed by atoms with Crippen LogP contribution in [0, 0.1) is 18.8 Å². The standard InChI is InChI=1S/C31H31F3N4O4S/c1-22-8-10-23(11-9-22)36-27-6-3-7-29-26(27)19-24(38(29)21-31(32,33)34)5-4-14-35-28-13-12-25(20-30(28)41-2)43(39,40)37-15-17-42-18-16-37/h3,6-13,19-20,35-36H,14-18,21H2,1-2H3. The Labute approximate surface area is 248 Å². The summed E-state index contributed by atoms with van der Waals surface area (Å²) in [4.78, 5) is 0.0922. The Morgan fingerprint density at radius 1 is 1.00 bits per heavy atom. The maximum atomic E-state index is 13.6. The normalized spacial score (nSPS) is 14.3. The van der Waals surface area contributed by atoms with E-state index in [4.69, 9.17) is 9.47 Å². The molecule has 12 heteroatoms. The Balaban J connectivity index is 1.38. The van der Waals surface area contributed by atoms with E-state index in [0.29, 0.717) is 41.2 Å². The van der Waals surface area contributed by atoms with Gasteiger partial charge in [-0.05, 0) is 55.3 Å². The van der Waals surface area contributed by atoms with Crippen molar-refractivity contribution in [1.29, 1.82) is 0 Å². The Hall–Kier alpha value is -4.18. The van der Waals surface area contributed by atoms with E-state index in [2.05, 4.69) is 22.5 Å². The second kappa shape index (κ2) is 12.6. The van der Waals surface area contributed by atoms with E-state index < -0.39 is 22.7 Å². The SMILES string of the molecule is COc1cc(S(=O)(=O)N2CCOCC2)ccc1NCC#Cc1cc2c(Nc3ccc(C)cc3)cccc2n1CC(F)(F)F. The average molecular weight is 613 g/mol. The highest BCUT2D eigenvalue weighted by Gasteiger charge is 2.30. The Kier molecular flexibility index (Phi) is 8.87. The number of methoxy groups -OCH3 is 1. The lowest BCUT2D eigenvalue weighted by atomic mass is 10.2. The van der Waals surface area contributed by atoms with Crippen molar-refractivity contribution in [3.8, 4) is 17.6 Å². The van der Waals surface area contributed by atoms with Crippen LogP contribution in [-0.4, -0.2) is 63.4 Å². The van der Waals surface area contributed by atoms with E-state index in [-0.39, 0.29) is 30.2 Å². The second-order valence-corrected chi connectivity index (χ2v) is 11.9. The number of hydrogen-bond acceptors (Lipinski definition) is 6. The minimum atomic E-state index is -4.45. The number of alkyl halides is 3. The van der Waals surface area contributed by atoms with Gasteiger partial charge in [0.05, 0.1) is 48.7 Å². The van der Waals surface area contributed by atoms with Crippen LogP contribution in [0.4, 0.5) is 30.2 Å². The summed E-state index contributed by atoms with van der Waals surface area (Å²) in [7, 11) is -2.29. The largest absolute Gasteiger partial charge is 0.495 e. The number of halogens is 3. The number of nitrogens with one attached hydrogen (secondary N) is 2. The molecule has 0 atom stereocenters. The van der Waals surface area contributed by atoms with Gasteiger partial charge in [0, 0.05) is 35.9 Å². The van der Waals surface area contributed by atoms with Gasteiger partial charge in [-0.3, -0.25) is 0 Å². The molecule has 0 spiro atoms. The molecule has 1 aliphatic heterocycles. The Bertz CT molecular complexity index is 1770. The highest BCUT2D eigenvalue weighted by Crippen LogP contribution is 2.32. The molecule has 43 heavy (non-hydrogen) atoms. The summed E-state index contributed by atoms with van der Waals surface area (Å²) >= 11 is 0. The summed E-state index contributed by atoms with van der Waals surface area (Å²) in [5.74, 6) is 6.07. The molecular weight excluding hydrogens is 581 g/mol. The highest BCUT2D eigenvalue weighted by atomic mass is 32.2. The zero-order valence-corrected chi connectivity index (χ0v) is 24.5. The van der Waals surface area contributed by atoms with E-state index in [0.717, 1.165) is 15.8 Å². The lowest BCUT2D eigenvalue weighted by Gasteiger charge is -2.26. The van der Waals surface area contributed by atoms with Gasteiger partial charge in [0.1, 0.15) is 12.3 Å². The average Bonchev–Trinajstić information content (AvgIpc) is 3.33. The fourth-order valence-corrected chi connectivity index (χ4v) is 6.25. The van der Waals surface area contributed by atoms with E-state index in [1.165, 1.54) is 23.5 Å². The third-order valence-corrected chi connectivity index (χ3v) is 8.87. The van der Waals surface area contributed by atoms with Crippen LogP contribution in [0.5, 0.6) is 5.75 Å². The van der Waals surface area contributed by atoms with Crippen molar-refractivity contribution in [1.82, 2.24) is 8.87 Å². The molecule has 5 rings (SSSR count). The number of fused-ring (bicyclic) bond motifs is 1. The molecule has 8 nitrogen and oxygen atoms in total. The molecular formula is C31H31F3N4O4S. The molecule has 1 saturated heterocycles. The summed E-state index contributed by atoms with van der Waals surface area (Å²) in [5, 5.41) is 6.98. The minimum absolute atomic E-state index is 0.0773. The molecule has 0 amide bonds. The fourth-order valence-electron chi connectivity index (χ4n) is 4.83. The number of hydrogen-bond donors (Lipinski definition) is 2. The quantitative estimate of drug-likeness (QED) is 0.247. The first-order valence-electron chi connectivity index (χ1n) is 13.6. The number of aromatic nitrogens is 1. The van der Waals surface area contributed by atoms with Gasteiger partial charge in [0.15, 0.2) is 0 Å². The number of aryl methyl sites for hydroxylation is 1. The fraction of sp³-hybridized carbons (Fsp3) is 0.290. The van der Waals surface area contributed by atoms with Crippen LogP contribution in [0.3, 0.4) is 0 Å². The summed E-state index contributed by atoms with van der Waals surface area (Å²) < 4.78 is 79.9. The molecule has 0 aliphatic carbocycles. The molecule has 1 aliphatic rings. The zero-order valence-electron chi connectivity index (χ0n) is 23.7. The van der Waals surface area contributed by atoms with Crippen molar-refractivity contribution in [3.63, 3.8) is 0 Å². The second-order valence-electron chi connectivity index (χ2n) is 9.99. The number of nitrogens with zero attached hydrogens (tertiary/aromatic N) is 2. The highest BCUT2D eigenvalue weighted by molar-refractivity contribution is 7.89. The summed E-state index contributed by atoms with van der Waals surface area (Å²) in [5.41, 5.74) is 3.70. The summed E-state index contributed by atoms with van der Waals surface area (Å²) in [6.45, 7) is 2.08. The van der Waals surface area contributed by atoms with Gasteiger partial charge < -0.3 is 24.7 Å². The molecule has 226 valence electrons. The smallest absolute Gasteiger partial charge is 0.406 e. The number of benzene rings is 3. The first kappa shape index (κ1) is 30.3. The van der Waals surface area contributed by atoms with Crippen molar-refractivity contribution in [2.75, 3.05) is 50.6 Å². The third-order valence-electron chi connectivity index (χ3n) is 6.98.